The van der Waals surface area contributed by atoms with Crippen molar-refractivity contribution in [2.75, 3.05) is 64.1 Å². The fraction of sp³-hybridized carbons (Fsp3) is 0.565. The highest BCUT2D eigenvalue weighted by atomic mass is 32.1. The number of likely N-dealkylation sites (tertiary alicyclic amines) is 1. The molecular weight excluding hydrogens is 458 g/mol. The van der Waals surface area contributed by atoms with E-state index in [0.717, 1.165) is 44.3 Å². The lowest BCUT2D eigenvalue weighted by atomic mass is 10.2. The summed E-state index contributed by atoms with van der Waals surface area (Å²) in [5, 5.41) is 11.3. The van der Waals surface area contributed by atoms with Crippen molar-refractivity contribution in [2.24, 2.45) is 0 Å². The Bertz CT molecular complexity index is 967. The fourth-order valence-electron chi connectivity index (χ4n) is 4.24. The van der Waals surface area contributed by atoms with Crippen LogP contribution in [0.3, 0.4) is 0 Å². The summed E-state index contributed by atoms with van der Waals surface area (Å²) in [6.45, 7) is 4.59. The van der Waals surface area contributed by atoms with Crippen LogP contribution in [0, 0.1) is 6.92 Å². The van der Waals surface area contributed by atoms with Gasteiger partial charge in [0.15, 0.2) is 18.9 Å². The van der Waals surface area contributed by atoms with Gasteiger partial charge in [-0.15, -0.1) is 11.3 Å². The number of aromatic nitrogens is 1. The Labute approximate surface area is 203 Å². The molecule has 3 rings (SSSR count). The van der Waals surface area contributed by atoms with Crippen LogP contribution < -0.4 is 10.6 Å². The van der Waals surface area contributed by atoms with E-state index in [1.54, 1.807) is 25.1 Å². The Kier molecular flexibility index (Phi) is 9.20. The molecule has 0 unspecified atom stereocenters. The van der Waals surface area contributed by atoms with E-state index in [1.807, 2.05) is 12.3 Å². The number of ether oxygens (including phenoxy) is 1. The van der Waals surface area contributed by atoms with Crippen LogP contribution in [0.2, 0.25) is 0 Å². The summed E-state index contributed by atoms with van der Waals surface area (Å²) < 4.78 is 10.2. The highest BCUT2D eigenvalue weighted by Crippen LogP contribution is 2.29. The highest BCUT2D eigenvalue weighted by Gasteiger charge is 2.35. The predicted octanol–water partition coefficient (Wildman–Crippen LogP) is 2.73. The van der Waals surface area contributed by atoms with Crippen LogP contribution >= 0.6 is 11.3 Å². The molecule has 3 amide bonds. The number of anilines is 2. The van der Waals surface area contributed by atoms with E-state index < -0.39 is 0 Å². The third-order valence-corrected chi connectivity index (χ3v) is 7.18. The normalized spacial score (nSPS) is 15.4. The second-order valence-corrected chi connectivity index (χ2v) is 9.72. The maximum absolute atomic E-state index is 13.2. The Morgan fingerprint density at radius 1 is 1.15 bits per heavy atom. The molecule has 0 radical (unpaired) electrons. The molecule has 0 aromatic carbocycles. The minimum absolute atomic E-state index is 0.156. The van der Waals surface area contributed by atoms with Gasteiger partial charge in [-0.1, -0.05) is 5.16 Å². The van der Waals surface area contributed by atoms with Crippen molar-refractivity contribution in [3.63, 3.8) is 0 Å². The van der Waals surface area contributed by atoms with Gasteiger partial charge in [-0.05, 0) is 43.6 Å². The van der Waals surface area contributed by atoms with Crippen LogP contribution in [0.1, 0.15) is 40.9 Å². The van der Waals surface area contributed by atoms with Crippen LogP contribution in [-0.4, -0.2) is 85.7 Å². The molecule has 186 valence electrons. The molecule has 0 saturated carbocycles. The number of nitrogens with one attached hydrogen (secondary N) is 2. The highest BCUT2D eigenvalue weighted by molar-refractivity contribution is 7.13. The maximum atomic E-state index is 13.2. The van der Waals surface area contributed by atoms with Gasteiger partial charge in [-0.25, -0.2) is 0 Å². The molecule has 34 heavy (non-hydrogen) atoms. The number of nitrogens with zero attached hydrogens (tertiary/aromatic N) is 3. The largest absolute Gasteiger partial charge is 0.383 e. The lowest BCUT2D eigenvalue weighted by Gasteiger charge is -2.36. The summed E-state index contributed by atoms with van der Waals surface area (Å²) >= 11 is 1.32. The van der Waals surface area contributed by atoms with E-state index in [1.165, 1.54) is 17.6 Å². The number of thiophene rings is 1. The smallest absolute Gasteiger partial charge is 0.280 e. The van der Waals surface area contributed by atoms with Gasteiger partial charge in [-0.2, -0.15) is 0 Å². The predicted molar refractivity (Wildman–Crippen MR) is 130 cm³/mol. The zero-order chi connectivity index (χ0) is 24.6. The number of quaternary nitrogens is 1. The van der Waals surface area contributed by atoms with E-state index in [0.29, 0.717) is 34.0 Å². The Morgan fingerprint density at radius 3 is 2.44 bits per heavy atom. The Hall–Kier alpha value is -2.76. The minimum atomic E-state index is -0.203. The third kappa shape index (κ3) is 6.87. The number of rotatable bonds is 10. The van der Waals surface area contributed by atoms with E-state index in [-0.39, 0.29) is 30.8 Å². The van der Waals surface area contributed by atoms with Gasteiger partial charge < -0.3 is 29.3 Å². The molecule has 1 saturated heterocycles. The van der Waals surface area contributed by atoms with E-state index in [9.17, 15) is 14.4 Å². The van der Waals surface area contributed by atoms with Crippen LogP contribution in [0.25, 0.3) is 0 Å². The quantitative estimate of drug-likeness (QED) is 0.493. The fourth-order valence-corrected chi connectivity index (χ4v) is 5.24. The second-order valence-electron chi connectivity index (χ2n) is 8.84. The van der Waals surface area contributed by atoms with Crippen molar-refractivity contribution >= 4 is 40.6 Å². The van der Waals surface area contributed by atoms with Crippen LogP contribution in [-0.2, 0) is 14.3 Å². The van der Waals surface area contributed by atoms with Crippen molar-refractivity contribution in [2.45, 2.75) is 32.6 Å². The third-order valence-electron chi connectivity index (χ3n) is 6.09. The number of aryl methyl sites for hydroxylation is 1. The molecule has 10 nitrogen and oxygen atoms in total. The molecule has 1 aliphatic heterocycles. The molecular formula is C23H34N5O5S+. The first kappa shape index (κ1) is 25.9. The molecule has 0 atom stereocenters. The summed E-state index contributed by atoms with van der Waals surface area (Å²) in [7, 11) is 3.31. The van der Waals surface area contributed by atoms with Gasteiger partial charge >= 0.3 is 0 Å². The Balaban J connectivity index is 1.72. The lowest BCUT2D eigenvalue weighted by Crippen LogP contribution is -2.56. The lowest BCUT2D eigenvalue weighted by molar-refractivity contribution is -0.912. The first-order valence-corrected chi connectivity index (χ1v) is 12.4. The molecule has 2 N–H and O–H groups in total. The molecule has 2 aromatic heterocycles. The van der Waals surface area contributed by atoms with E-state index >= 15 is 0 Å². The SMILES string of the molecule is COCCN(C)C(=O)c1scc(C)c1NC(=O)C[N+]1(CC(=O)Nc2ccon2)CCCCCC1. The van der Waals surface area contributed by atoms with Crippen molar-refractivity contribution in [3.05, 3.63) is 28.2 Å². The molecule has 0 bridgehead atoms. The summed E-state index contributed by atoms with van der Waals surface area (Å²) in [6.07, 6.45) is 5.48. The van der Waals surface area contributed by atoms with Gasteiger partial charge in [0, 0.05) is 26.8 Å². The summed E-state index contributed by atoms with van der Waals surface area (Å²) in [5.41, 5.74) is 1.39. The number of amides is 3. The molecule has 0 aliphatic carbocycles. The van der Waals surface area contributed by atoms with Gasteiger partial charge in [-0.3, -0.25) is 14.4 Å². The molecule has 1 aliphatic rings. The molecule has 11 heteroatoms. The van der Waals surface area contributed by atoms with Crippen LogP contribution in [0.4, 0.5) is 11.5 Å². The van der Waals surface area contributed by atoms with Gasteiger partial charge in [0.05, 0.1) is 25.4 Å². The van der Waals surface area contributed by atoms with Gasteiger partial charge in [0.25, 0.3) is 17.7 Å². The number of methoxy groups -OCH3 is 1. The van der Waals surface area contributed by atoms with Crippen LogP contribution in [0.15, 0.2) is 22.2 Å². The minimum Gasteiger partial charge on any atom is -0.383 e. The summed E-state index contributed by atoms with van der Waals surface area (Å²) in [6, 6.07) is 1.58. The Morgan fingerprint density at radius 2 is 1.82 bits per heavy atom. The number of carbonyl (C=O) groups excluding carboxylic acids is 3. The zero-order valence-electron chi connectivity index (χ0n) is 20.1. The summed E-state index contributed by atoms with van der Waals surface area (Å²) in [5.74, 6) is -0.203. The van der Waals surface area contributed by atoms with Crippen molar-refractivity contribution in [1.29, 1.82) is 0 Å². The topological polar surface area (TPSA) is 114 Å². The second kappa shape index (κ2) is 12.1. The average Bonchev–Trinajstić information content (AvgIpc) is 3.37. The first-order chi connectivity index (χ1) is 16.3. The summed E-state index contributed by atoms with van der Waals surface area (Å²) in [4.78, 5) is 41.0. The monoisotopic (exact) mass is 492 g/mol. The van der Waals surface area contributed by atoms with E-state index in [4.69, 9.17) is 9.26 Å². The van der Waals surface area contributed by atoms with Crippen molar-refractivity contribution < 1.29 is 28.1 Å². The maximum Gasteiger partial charge on any atom is 0.280 e. The van der Waals surface area contributed by atoms with Gasteiger partial charge in [0.2, 0.25) is 0 Å². The van der Waals surface area contributed by atoms with E-state index in [2.05, 4.69) is 15.8 Å². The van der Waals surface area contributed by atoms with Crippen molar-refractivity contribution in [1.82, 2.24) is 10.1 Å². The number of hydrogen-bond donors (Lipinski definition) is 2. The molecule has 2 aromatic rings. The standard InChI is InChI=1S/C23H33N5O5S/c1-17-16-34-22(23(31)27(2)9-13-32-3)21(17)25-20(30)15-28(10-6-4-5-7-11-28)14-19(29)24-18-8-12-33-26-18/h8,12,16H,4-7,9-11,13-15H2,1-3H3,(H-,24,25,26,29,30,31)/p+1. The zero-order valence-corrected chi connectivity index (χ0v) is 20.9. The average molecular weight is 493 g/mol. The number of hydrogen-bond acceptors (Lipinski definition) is 7. The van der Waals surface area contributed by atoms with Crippen LogP contribution in [0.5, 0.6) is 0 Å². The molecule has 0 spiro atoms. The molecule has 1 fully saturated rings. The number of likely N-dealkylation sites (N-methyl/N-ethyl adjacent to an activating group) is 1. The van der Waals surface area contributed by atoms with Gasteiger partial charge in [0.1, 0.15) is 11.1 Å². The number of carbonyl (C=O) groups is 3. The molecule has 3 heterocycles. The first-order valence-electron chi connectivity index (χ1n) is 11.5. The van der Waals surface area contributed by atoms with Crippen molar-refractivity contribution in [3.8, 4) is 0 Å².